The van der Waals surface area contributed by atoms with E-state index in [0.717, 1.165) is 43.8 Å². The maximum atomic E-state index is 12.3. The van der Waals surface area contributed by atoms with Gasteiger partial charge in [-0.1, -0.05) is 56.3 Å². The van der Waals surface area contributed by atoms with Crippen LogP contribution in [-0.2, 0) is 11.3 Å². The maximum absolute atomic E-state index is 12.3. The second-order valence-electron chi connectivity index (χ2n) is 8.07. The summed E-state index contributed by atoms with van der Waals surface area (Å²) in [7, 11) is 0. The van der Waals surface area contributed by atoms with Crippen molar-refractivity contribution in [1.82, 2.24) is 10.2 Å². The fourth-order valence-electron chi connectivity index (χ4n) is 3.62. The monoisotopic (exact) mass is 380 g/mol. The molecule has 0 radical (unpaired) electrons. The smallest absolute Gasteiger partial charge is 0.258 e. The number of nitrogens with one attached hydrogen (secondary N) is 1. The third kappa shape index (κ3) is 5.83. The Morgan fingerprint density at radius 1 is 1.14 bits per heavy atom. The van der Waals surface area contributed by atoms with Crippen molar-refractivity contribution in [1.29, 1.82) is 0 Å². The van der Waals surface area contributed by atoms with E-state index in [1.807, 2.05) is 13.0 Å². The summed E-state index contributed by atoms with van der Waals surface area (Å²) in [6.07, 6.45) is 1.97. The Hall–Kier alpha value is -2.33. The number of nitrogens with zero attached hydrogens (tertiary/aromatic N) is 1. The van der Waals surface area contributed by atoms with Crippen LogP contribution in [0.25, 0.3) is 0 Å². The first-order chi connectivity index (χ1) is 13.5. The number of carbonyl (C=O) groups excluding carboxylic acids is 1. The zero-order chi connectivity index (χ0) is 19.9. The standard InChI is InChI=1S/C24H32N2O2/c1-18(2)21-10-9-19(3)23(15-21)28-17-24(27)25-22-11-13-26(14-12-22)16-20-7-5-4-6-8-20/h4-10,15,18,22H,11-14,16-17H2,1-3H3,(H,25,27). The zero-order valence-electron chi connectivity index (χ0n) is 17.3. The molecular weight excluding hydrogens is 348 g/mol. The van der Waals surface area contributed by atoms with Gasteiger partial charge in [0, 0.05) is 25.7 Å². The van der Waals surface area contributed by atoms with Crippen molar-refractivity contribution in [2.75, 3.05) is 19.7 Å². The lowest BCUT2D eigenvalue weighted by atomic mass is 10.0. The van der Waals surface area contributed by atoms with Crippen LogP contribution in [0.15, 0.2) is 48.5 Å². The van der Waals surface area contributed by atoms with Gasteiger partial charge >= 0.3 is 0 Å². The summed E-state index contributed by atoms with van der Waals surface area (Å²) in [5.41, 5.74) is 3.63. The molecule has 0 aromatic heterocycles. The zero-order valence-corrected chi connectivity index (χ0v) is 17.3. The van der Waals surface area contributed by atoms with Crippen molar-refractivity contribution in [3.63, 3.8) is 0 Å². The van der Waals surface area contributed by atoms with Crippen LogP contribution >= 0.6 is 0 Å². The van der Waals surface area contributed by atoms with E-state index < -0.39 is 0 Å². The highest BCUT2D eigenvalue weighted by Gasteiger charge is 2.21. The molecule has 1 amide bonds. The molecule has 0 spiro atoms. The Kier molecular flexibility index (Phi) is 7.10. The van der Waals surface area contributed by atoms with Crippen molar-refractivity contribution in [2.24, 2.45) is 0 Å². The van der Waals surface area contributed by atoms with Crippen molar-refractivity contribution in [3.8, 4) is 5.75 Å². The minimum Gasteiger partial charge on any atom is -0.483 e. The van der Waals surface area contributed by atoms with Crippen LogP contribution in [0.3, 0.4) is 0 Å². The van der Waals surface area contributed by atoms with Gasteiger partial charge in [-0.25, -0.2) is 0 Å². The molecule has 2 aromatic rings. The molecule has 1 heterocycles. The molecule has 1 aliphatic heterocycles. The average molecular weight is 381 g/mol. The highest BCUT2D eigenvalue weighted by atomic mass is 16.5. The van der Waals surface area contributed by atoms with Gasteiger partial charge in [0.15, 0.2) is 6.61 Å². The van der Waals surface area contributed by atoms with Crippen molar-refractivity contribution < 1.29 is 9.53 Å². The summed E-state index contributed by atoms with van der Waals surface area (Å²) in [6, 6.07) is 17.0. The molecule has 1 saturated heterocycles. The second-order valence-corrected chi connectivity index (χ2v) is 8.07. The summed E-state index contributed by atoms with van der Waals surface area (Å²) < 4.78 is 5.81. The first-order valence-corrected chi connectivity index (χ1v) is 10.3. The molecule has 0 unspecified atom stereocenters. The lowest BCUT2D eigenvalue weighted by Crippen LogP contribution is -2.45. The highest BCUT2D eigenvalue weighted by molar-refractivity contribution is 5.77. The highest BCUT2D eigenvalue weighted by Crippen LogP contribution is 2.24. The molecule has 0 atom stereocenters. The van der Waals surface area contributed by atoms with E-state index in [1.54, 1.807) is 0 Å². The largest absolute Gasteiger partial charge is 0.483 e. The third-order valence-electron chi connectivity index (χ3n) is 5.44. The summed E-state index contributed by atoms with van der Waals surface area (Å²) in [5, 5.41) is 3.14. The van der Waals surface area contributed by atoms with E-state index in [-0.39, 0.29) is 18.6 Å². The topological polar surface area (TPSA) is 41.6 Å². The molecule has 0 aliphatic carbocycles. The van der Waals surface area contributed by atoms with Crippen molar-refractivity contribution in [2.45, 2.75) is 52.1 Å². The minimum absolute atomic E-state index is 0.0316. The third-order valence-corrected chi connectivity index (χ3v) is 5.44. The quantitative estimate of drug-likeness (QED) is 0.780. The number of ether oxygens (including phenoxy) is 1. The lowest BCUT2D eigenvalue weighted by molar-refractivity contribution is -0.124. The van der Waals surface area contributed by atoms with Gasteiger partial charge in [0.05, 0.1) is 0 Å². The van der Waals surface area contributed by atoms with Crippen LogP contribution in [-0.4, -0.2) is 36.5 Å². The molecule has 0 saturated carbocycles. The number of hydrogen-bond donors (Lipinski definition) is 1. The van der Waals surface area contributed by atoms with Gasteiger partial charge in [-0.3, -0.25) is 9.69 Å². The first kappa shape index (κ1) is 20.4. The number of benzene rings is 2. The number of carbonyl (C=O) groups is 1. The van der Waals surface area contributed by atoms with Crippen LogP contribution in [0.4, 0.5) is 0 Å². The van der Waals surface area contributed by atoms with Gasteiger partial charge in [0.25, 0.3) is 5.91 Å². The van der Waals surface area contributed by atoms with Crippen LogP contribution in [0.5, 0.6) is 5.75 Å². The van der Waals surface area contributed by atoms with Gasteiger partial charge < -0.3 is 10.1 Å². The molecule has 2 aromatic carbocycles. The van der Waals surface area contributed by atoms with Crippen molar-refractivity contribution in [3.05, 3.63) is 65.2 Å². The Labute approximate surface area is 168 Å². The van der Waals surface area contributed by atoms with E-state index >= 15 is 0 Å². The summed E-state index contributed by atoms with van der Waals surface area (Å²) in [5.74, 6) is 1.22. The van der Waals surface area contributed by atoms with E-state index in [1.165, 1.54) is 11.1 Å². The number of amides is 1. The molecule has 150 valence electrons. The Morgan fingerprint density at radius 2 is 1.86 bits per heavy atom. The predicted molar refractivity (Wildman–Crippen MR) is 114 cm³/mol. The number of hydrogen-bond acceptors (Lipinski definition) is 3. The maximum Gasteiger partial charge on any atom is 0.258 e. The van der Waals surface area contributed by atoms with E-state index in [0.29, 0.717) is 5.92 Å². The number of piperidine rings is 1. The van der Waals surface area contributed by atoms with E-state index in [9.17, 15) is 4.79 Å². The Bertz CT molecular complexity index is 765. The molecular formula is C24H32N2O2. The number of rotatable bonds is 7. The number of aryl methyl sites for hydroxylation is 1. The van der Waals surface area contributed by atoms with Gasteiger partial charge in [-0.05, 0) is 48.4 Å². The molecule has 28 heavy (non-hydrogen) atoms. The SMILES string of the molecule is Cc1ccc(C(C)C)cc1OCC(=O)NC1CCN(Cc2ccccc2)CC1. The Morgan fingerprint density at radius 3 is 2.54 bits per heavy atom. The van der Waals surface area contributed by atoms with Gasteiger partial charge in [0.2, 0.25) is 0 Å². The number of likely N-dealkylation sites (tertiary alicyclic amines) is 1. The Balaban J connectivity index is 1.42. The predicted octanol–water partition coefficient (Wildman–Crippen LogP) is 4.28. The van der Waals surface area contributed by atoms with Crippen LogP contribution in [0, 0.1) is 6.92 Å². The fourth-order valence-corrected chi connectivity index (χ4v) is 3.62. The second kappa shape index (κ2) is 9.74. The molecule has 4 nitrogen and oxygen atoms in total. The van der Waals surface area contributed by atoms with E-state index in [4.69, 9.17) is 4.74 Å². The minimum atomic E-state index is -0.0316. The summed E-state index contributed by atoms with van der Waals surface area (Å²) >= 11 is 0. The lowest BCUT2D eigenvalue weighted by Gasteiger charge is -2.32. The molecule has 1 aliphatic rings. The summed E-state index contributed by atoms with van der Waals surface area (Å²) in [4.78, 5) is 14.8. The van der Waals surface area contributed by atoms with Gasteiger partial charge in [-0.2, -0.15) is 0 Å². The normalized spacial score (nSPS) is 15.6. The molecule has 1 fully saturated rings. The van der Waals surface area contributed by atoms with E-state index in [2.05, 4.69) is 66.5 Å². The van der Waals surface area contributed by atoms with Crippen LogP contribution in [0.2, 0.25) is 0 Å². The average Bonchev–Trinajstić information content (AvgIpc) is 2.69. The van der Waals surface area contributed by atoms with Crippen LogP contribution < -0.4 is 10.1 Å². The fraction of sp³-hybridized carbons (Fsp3) is 0.458. The van der Waals surface area contributed by atoms with Crippen molar-refractivity contribution >= 4 is 5.91 Å². The molecule has 0 bridgehead atoms. The van der Waals surface area contributed by atoms with Crippen LogP contribution in [0.1, 0.15) is 49.3 Å². The molecule has 1 N–H and O–H groups in total. The molecule has 4 heteroatoms. The first-order valence-electron chi connectivity index (χ1n) is 10.3. The van der Waals surface area contributed by atoms with Gasteiger partial charge in [0.1, 0.15) is 5.75 Å². The van der Waals surface area contributed by atoms with Gasteiger partial charge in [-0.15, -0.1) is 0 Å². The molecule has 3 rings (SSSR count). The summed E-state index contributed by atoms with van der Waals surface area (Å²) in [6.45, 7) is 9.41.